The summed E-state index contributed by atoms with van der Waals surface area (Å²) in [5.74, 6) is -3.62. The van der Waals surface area contributed by atoms with E-state index in [1.54, 1.807) is 30.3 Å². The Balaban J connectivity index is 1.28. The Kier molecular flexibility index (Phi) is 7.29. The van der Waals surface area contributed by atoms with Crippen molar-refractivity contribution in [2.75, 3.05) is 42.7 Å². The van der Waals surface area contributed by atoms with E-state index < -0.39 is 23.7 Å². The van der Waals surface area contributed by atoms with E-state index in [2.05, 4.69) is 20.8 Å². The molecule has 3 aliphatic carbocycles. The summed E-state index contributed by atoms with van der Waals surface area (Å²) >= 11 is 3.25. The third-order valence-electron chi connectivity index (χ3n) is 9.46. The Morgan fingerprint density at radius 2 is 1.70 bits per heavy atom. The summed E-state index contributed by atoms with van der Waals surface area (Å²) < 4.78 is 11.2. The van der Waals surface area contributed by atoms with Gasteiger partial charge in [0.05, 0.1) is 41.8 Å². The number of para-hydroxylation sites is 1. The van der Waals surface area contributed by atoms with E-state index >= 15 is 0 Å². The van der Waals surface area contributed by atoms with E-state index in [9.17, 15) is 24.3 Å². The number of halogens is 1. The second-order valence-corrected chi connectivity index (χ2v) is 12.5. The summed E-state index contributed by atoms with van der Waals surface area (Å²) in [6, 6.07) is 12.6. The van der Waals surface area contributed by atoms with Crippen molar-refractivity contribution in [2.24, 2.45) is 17.8 Å². The molecule has 2 aliphatic heterocycles. The summed E-state index contributed by atoms with van der Waals surface area (Å²) in [7, 11) is 0. The molecule has 0 spiro atoms. The van der Waals surface area contributed by atoms with Gasteiger partial charge in [0, 0.05) is 47.5 Å². The van der Waals surface area contributed by atoms with Gasteiger partial charge in [-0.05, 0) is 71.9 Å². The SMILES string of the molecule is CCOc1cccc([C@H]2C3=CC[C@@H]4C(=O)N(c5ccc(N6CCOCC6)cc5)C(=O)[C@@H]4[C@@H]3CC3=C2C(=O)C=C(Br)C3=O)c1O. The average Bonchev–Trinajstić information content (AvgIpc) is 3.30. The van der Waals surface area contributed by atoms with Crippen LogP contribution in [0.25, 0.3) is 0 Å². The van der Waals surface area contributed by atoms with Gasteiger partial charge in [-0.3, -0.25) is 24.1 Å². The number of phenolic OH excluding ortho intramolecular Hbond substituents is 1. The highest BCUT2D eigenvalue weighted by atomic mass is 79.9. The molecular weight excluding hydrogens is 628 g/mol. The molecule has 0 aromatic heterocycles. The number of carbonyl (C=O) groups excluding carboxylic acids is 4. The molecule has 7 rings (SSSR count). The van der Waals surface area contributed by atoms with Gasteiger partial charge in [0.1, 0.15) is 0 Å². The maximum absolute atomic E-state index is 14.2. The standard InChI is InChI=1S/C34H31BrN2O7/c1-2-44-27-5-3-4-21(32(27)40)28-20-10-11-22-29(23(20)16-24-30(28)26(38)17-25(35)31(24)39)34(42)37(33(22)41)19-8-6-18(7-9-19)36-12-14-43-15-13-36/h3-10,17,22-23,28-29,40H,2,11-16H2,1H3/t22-,23+,28+,29-/m0/s1. The van der Waals surface area contributed by atoms with Crippen molar-refractivity contribution in [2.45, 2.75) is 25.7 Å². The minimum atomic E-state index is -0.761. The molecule has 44 heavy (non-hydrogen) atoms. The zero-order valence-corrected chi connectivity index (χ0v) is 25.7. The van der Waals surface area contributed by atoms with Crippen LogP contribution in [0.15, 0.2) is 75.8 Å². The Morgan fingerprint density at radius 1 is 0.977 bits per heavy atom. The van der Waals surface area contributed by atoms with Crippen molar-refractivity contribution in [3.05, 3.63) is 81.4 Å². The molecule has 226 valence electrons. The van der Waals surface area contributed by atoms with E-state index in [1.165, 1.54) is 11.0 Å². The van der Waals surface area contributed by atoms with Gasteiger partial charge in [0.2, 0.25) is 11.8 Å². The smallest absolute Gasteiger partial charge is 0.238 e. The lowest BCUT2D eigenvalue weighted by Gasteiger charge is -2.42. The first kappa shape index (κ1) is 28.7. The van der Waals surface area contributed by atoms with E-state index in [1.807, 2.05) is 25.1 Å². The molecule has 4 atom stereocenters. The van der Waals surface area contributed by atoms with Gasteiger partial charge >= 0.3 is 0 Å². The monoisotopic (exact) mass is 658 g/mol. The van der Waals surface area contributed by atoms with Crippen LogP contribution >= 0.6 is 15.9 Å². The van der Waals surface area contributed by atoms with Gasteiger partial charge in [-0.2, -0.15) is 0 Å². The first-order valence-corrected chi connectivity index (χ1v) is 15.7. The molecule has 5 aliphatic rings. The van der Waals surface area contributed by atoms with Crippen LogP contribution in [0.4, 0.5) is 11.4 Å². The maximum Gasteiger partial charge on any atom is 0.238 e. The summed E-state index contributed by atoms with van der Waals surface area (Å²) in [6.07, 6.45) is 3.68. The number of aromatic hydroxyl groups is 1. The van der Waals surface area contributed by atoms with Crippen LogP contribution in [0.1, 0.15) is 31.2 Å². The molecule has 0 radical (unpaired) electrons. The van der Waals surface area contributed by atoms with Crippen molar-refractivity contribution in [3.63, 3.8) is 0 Å². The van der Waals surface area contributed by atoms with Crippen LogP contribution < -0.4 is 14.5 Å². The van der Waals surface area contributed by atoms with Crippen molar-refractivity contribution in [1.82, 2.24) is 0 Å². The van der Waals surface area contributed by atoms with Crippen LogP contribution in [0.3, 0.4) is 0 Å². The number of imide groups is 1. The van der Waals surface area contributed by atoms with Crippen LogP contribution in [-0.4, -0.2) is 61.4 Å². The summed E-state index contributed by atoms with van der Waals surface area (Å²) in [4.78, 5) is 58.5. The fraction of sp³-hybridized carbons (Fsp3) is 0.353. The molecule has 9 nitrogen and oxygen atoms in total. The highest BCUT2D eigenvalue weighted by molar-refractivity contribution is 9.12. The molecule has 0 bridgehead atoms. The first-order valence-electron chi connectivity index (χ1n) is 14.9. The lowest BCUT2D eigenvalue weighted by Crippen LogP contribution is -2.39. The highest BCUT2D eigenvalue weighted by Crippen LogP contribution is 2.57. The average molecular weight is 660 g/mol. The predicted octanol–water partition coefficient (Wildman–Crippen LogP) is 4.59. The number of rotatable bonds is 5. The molecule has 2 heterocycles. The zero-order valence-electron chi connectivity index (χ0n) is 24.1. The maximum atomic E-state index is 14.2. The molecular formula is C34H31BrN2O7. The third kappa shape index (κ3) is 4.45. The number of ether oxygens (including phenoxy) is 2. The number of morpholine rings is 1. The number of allylic oxidation sites excluding steroid dienone is 6. The van der Waals surface area contributed by atoms with Crippen LogP contribution in [0.5, 0.6) is 11.5 Å². The lowest BCUT2D eigenvalue weighted by molar-refractivity contribution is -0.123. The Morgan fingerprint density at radius 3 is 2.43 bits per heavy atom. The van der Waals surface area contributed by atoms with Crippen LogP contribution in [-0.2, 0) is 23.9 Å². The number of hydrogen-bond acceptors (Lipinski definition) is 8. The number of phenols is 1. The number of nitrogens with zero attached hydrogens (tertiary/aromatic N) is 2. The molecule has 2 saturated heterocycles. The second-order valence-electron chi connectivity index (χ2n) is 11.6. The van der Waals surface area contributed by atoms with E-state index in [0.29, 0.717) is 48.6 Å². The minimum absolute atomic E-state index is 0.112. The number of amides is 2. The van der Waals surface area contributed by atoms with Gasteiger partial charge in [-0.25, -0.2) is 0 Å². The van der Waals surface area contributed by atoms with Crippen LogP contribution in [0, 0.1) is 17.8 Å². The number of ketones is 2. The number of fused-ring (bicyclic) bond motifs is 3. The summed E-state index contributed by atoms with van der Waals surface area (Å²) in [6.45, 7) is 4.99. The topological polar surface area (TPSA) is 113 Å². The lowest BCUT2D eigenvalue weighted by atomic mass is 9.59. The van der Waals surface area contributed by atoms with Crippen molar-refractivity contribution in [3.8, 4) is 11.5 Å². The number of carbonyl (C=O) groups is 4. The molecule has 0 unspecified atom stereocenters. The molecule has 0 saturated carbocycles. The zero-order chi connectivity index (χ0) is 30.7. The fourth-order valence-electron chi connectivity index (χ4n) is 7.49. The molecule has 2 amide bonds. The number of Topliss-reactive ketones (excluding diaryl/α,β-unsaturated/α-hetero) is 1. The second kappa shape index (κ2) is 11.2. The van der Waals surface area contributed by atoms with E-state index in [-0.39, 0.29) is 45.8 Å². The Labute approximate surface area is 262 Å². The highest BCUT2D eigenvalue weighted by Gasteiger charge is 2.57. The van der Waals surface area contributed by atoms with Gasteiger partial charge in [0.15, 0.2) is 23.1 Å². The van der Waals surface area contributed by atoms with Crippen LogP contribution in [0.2, 0.25) is 0 Å². The fourth-order valence-corrected chi connectivity index (χ4v) is 7.94. The molecule has 2 fully saturated rings. The van der Waals surface area contributed by atoms with Gasteiger partial charge in [-0.1, -0.05) is 23.8 Å². The van der Waals surface area contributed by atoms with Gasteiger partial charge in [-0.15, -0.1) is 0 Å². The Hall–Kier alpha value is -4.02. The first-order chi connectivity index (χ1) is 21.3. The number of anilines is 2. The van der Waals surface area contributed by atoms with Gasteiger partial charge < -0.3 is 19.5 Å². The molecule has 10 heteroatoms. The van der Waals surface area contributed by atoms with E-state index in [0.717, 1.165) is 24.4 Å². The summed E-state index contributed by atoms with van der Waals surface area (Å²) in [5.41, 5.74) is 3.32. The molecule has 2 aromatic rings. The summed E-state index contributed by atoms with van der Waals surface area (Å²) in [5, 5.41) is 11.3. The molecule has 1 N–H and O–H groups in total. The normalized spacial score (nSPS) is 26.7. The van der Waals surface area contributed by atoms with E-state index in [4.69, 9.17) is 9.47 Å². The van der Waals surface area contributed by atoms with Crippen molar-refractivity contribution in [1.29, 1.82) is 0 Å². The Bertz CT molecular complexity index is 1690. The minimum Gasteiger partial charge on any atom is -0.504 e. The molecule has 2 aromatic carbocycles. The third-order valence-corrected chi connectivity index (χ3v) is 10.0. The van der Waals surface area contributed by atoms with Gasteiger partial charge in [0.25, 0.3) is 0 Å². The quantitative estimate of drug-likeness (QED) is 0.282. The largest absolute Gasteiger partial charge is 0.504 e. The number of benzene rings is 2. The predicted molar refractivity (Wildman–Crippen MR) is 166 cm³/mol. The number of hydrogen-bond donors (Lipinski definition) is 1. The van der Waals surface area contributed by atoms with Crippen molar-refractivity contribution >= 4 is 50.7 Å². The van der Waals surface area contributed by atoms with Crippen molar-refractivity contribution < 1.29 is 33.8 Å².